The second-order valence-electron chi connectivity index (χ2n) is 4.97. The molecule has 0 saturated heterocycles. The third-order valence-corrected chi connectivity index (χ3v) is 3.18. The van der Waals surface area contributed by atoms with Gasteiger partial charge in [-0.1, -0.05) is 17.7 Å². The van der Waals surface area contributed by atoms with Crippen molar-refractivity contribution in [3.63, 3.8) is 0 Å². The van der Waals surface area contributed by atoms with Crippen LogP contribution in [0.5, 0.6) is 5.75 Å². The topological polar surface area (TPSA) is 35.2 Å². The van der Waals surface area contributed by atoms with Crippen molar-refractivity contribution in [1.29, 1.82) is 0 Å². The van der Waals surface area contributed by atoms with Crippen molar-refractivity contribution in [2.45, 2.75) is 26.0 Å². The molecule has 5 heteroatoms. The number of benzene rings is 2. The molecule has 21 heavy (non-hydrogen) atoms. The highest BCUT2D eigenvalue weighted by molar-refractivity contribution is 6.30. The third-order valence-electron chi connectivity index (χ3n) is 2.94. The predicted octanol–water partition coefficient (Wildman–Crippen LogP) is 4.09. The Labute approximate surface area is 127 Å². The van der Waals surface area contributed by atoms with Crippen molar-refractivity contribution in [3.05, 3.63) is 64.2 Å². The normalized spacial score (nSPS) is 12.2. The Kier molecular flexibility index (Phi) is 5.15. The highest BCUT2D eigenvalue weighted by Crippen LogP contribution is 2.25. The lowest BCUT2D eigenvalue weighted by molar-refractivity contribution is 0.301. The molecule has 2 rings (SSSR count). The molecule has 112 valence electrons. The molecule has 1 atom stereocenters. The van der Waals surface area contributed by atoms with Crippen molar-refractivity contribution in [3.8, 4) is 5.75 Å². The van der Waals surface area contributed by atoms with E-state index < -0.39 is 11.6 Å². The van der Waals surface area contributed by atoms with Crippen LogP contribution in [0.25, 0.3) is 0 Å². The number of hydrogen-bond donors (Lipinski definition) is 1. The van der Waals surface area contributed by atoms with Crippen LogP contribution < -0.4 is 10.5 Å². The molecule has 0 bridgehead atoms. The van der Waals surface area contributed by atoms with E-state index in [4.69, 9.17) is 22.1 Å². The van der Waals surface area contributed by atoms with E-state index in [0.29, 0.717) is 22.8 Å². The van der Waals surface area contributed by atoms with Crippen LogP contribution in [0.15, 0.2) is 36.4 Å². The van der Waals surface area contributed by atoms with Crippen LogP contribution in [0.4, 0.5) is 8.78 Å². The Morgan fingerprint density at radius 3 is 2.57 bits per heavy atom. The summed E-state index contributed by atoms with van der Waals surface area (Å²) >= 11 is 5.97. The quantitative estimate of drug-likeness (QED) is 0.902. The molecular formula is C16H16ClF2NO. The van der Waals surface area contributed by atoms with Gasteiger partial charge in [0, 0.05) is 11.1 Å². The number of nitrogens with two attached hydrogens (primary N) is 1. The van der Waals surface area contributed by atoms with Crippen molar-refractivity contribution in [2.24, 2.45) is 5.73 Å². The first-order chi connectivity index (χ1) is 9.95. The van der Waals surface area contributed by atoms with Crippen molar-refractivity contribution in [1.82, 2.24) is 0 Å². The number of rotatable bonds is 5. The summed E-state index contributed by atoms with van der Waals surface area (Å²) in [4.78, 5) is 0. The molecule has 0 aliphatic rings. The molecule has 0 aliphatic carbocycles. The van der Waals surface area contributed by atoms with E-state index in [2.05, 4.69) is 0 Å². The zero-order valence-electron chi connectivity index (χ0n) is 11.6. The van der Waals surface area contributed by atoms with Gasteiger partial charge in [-0.3, -0.25) is 0 Å². The average molecular weight is 312 g/mol. The van der Waals surface area contributed by atoms with E-state index in [1.807, 2.05) is 6.92 Å². The predicted molar refractivity (Wildman–Crippen MR) is 79.5 cm³/mol. The maximum atomic E-state index is 13.1. The molecule has 0 fully saturated rings. The fraction of sp³-hybridized carbons (Fsp3) is 0.250. The number of hydrogen-bond acceptors (Lipinski definition) is 2. The van der Waals surface area contributed by atoms with E-state index in [0.717, 1.165) is 17.7 Å². The lowest BCUT2D eigenvalue weighted by Gasteiger charge is -2.13. The minimum Gasteiger partial charge on any atom is -0.489 e. The SMILES string of the molecule is CC(N)Cc1cc(Cl)ccc1OCc1ccc(F)c(F)c1. The largest absolute Gasteiger partial charge is 0.489 e. The first kappa shape index (κ1) is 15.7. The third kappa shape index (κ3) is 4.41. The fourth-order valence-corrected chi connectivity index (χ4v) is 2.18. The number of ether oxygens (including phenoxy) is 1. The molecule has 2 aromatic rings. The monoisotopic (exact) mass is 311 g/mol. The Balaban J connectivity index is 2.13. The van der Waals surface area contributed by atoms with Gasteiger partial charge in [0.25, 0.3) is 0 Å². The molecule has 2 aromatic carbocycles. The van der Waals surface area contributed by atoms with Crippen molar-refractivity contribution < 1.29 is 13.5 Å². The Morgan fingerprint density at radius 1 is 1.14 bits per heavy atom. The second-order valence-corrected chi connectivity index (χ2v) is 5.41. The minimum atomic E-state index is -0.886. The van der Waals surface area contributed by atoms with Gasteiger partial charge in [-0.15, -0.1) is 0 Å². The molecule has 0 radical (unpaired) electrons. The Hall–Kier alpha value is -1.65. The van der Waals surface area contributed by atoms with E-state index in [9.17, 15) is 8.78 Å². The standard InChI is InChI=1S/C16H16ClF2NO/c1-10(20)6-12-8-13(17)3-5-16(12)21-9-11-2-4-14(18)15(19)7-11/h2-5,7-8,10H,6,9,20H2,1H3. The second kappa shape index (κ2) is 6.87. The first-order valence-electron chi connectivity index (χ1n) is 6.56. The fourth-order valence-electron chi connectivity index (χ4n) is 1.99. The summed E-state index contributed by atoms with van der Waals surface area (Å²) in [5, 5.41) is 0.603. The molecule has 0 aromatic heterocycles. The maximum absolute atomic E-state index is 13.1. The molecule has 0 amide bonds. The molecule has 1 unspecified atom stereocenters. The van der Waals surface area contributed by atoms with Crippen LogP contribution in [-0.2, 0) is 13.0 Å². The number of halogens is 3. The Bertz CT molecular complexity index is 632. The van der Waals surface area contributed by atoms with Gasteiger partial charge in [0.1, 0.15) is 12.4 Å². The summed E-state index contributed by atoms with van der Waals surface area (Å²) in [5.74, 6) is -1.12. The van der Waals surface area contributed by atoms with Gasteiger partial charge in [0.2, 0.25) is 0 Å². The molecule has 2 N–H and O–H groups in total. The van der Waals surface area contributed by atoms with Crippen LogP contribution in [-0.4, -0.2) is 6.04 Å². The van der Waals surface area contributed by atoms with Gasteiger partial charge < -0.3 is 10.5 Å². The molecule has 2 nitrogen and oxygen atoms in total. The van der Waals surface area contributed by atoms with Gasteiger partial charge in [-0.25, -0.2) is 8.78 Å². The summed E-state index contributed by atoms with van der Waals surface area (Å²) in [6, 6.07) is 8.92. The molecule has 0 heterocycles. The smallest absolute Gasteiger partial charge is 0.159 e. The first-order valence-corrected chi connectivity index (χ1v) is 6.94. The highest BCUT2D eigenvalue weighted by atomic mass is 35.5. The molecule has 0 aliphatic heterocycles. The molecule has 0 spiro atoms. The lowest BCUT2D eigenvalue weighted by atomic mass is 10.1. The van der Waals surface area contributed by atoms with Crippen LogP contribution >= 0.6 is 11.6 Å². The van der Waals surface area contributed by atoms with Crippen LogP contribution in [0.3, 0.4) is 0 Å². The minimum absolute atomic E-state index is 0.0333. The van der Waals surface area contributed by atoms with E-state index in [1.165, 1.54) is 6.07 Å². The molecular weight excluding hydrogens is 296 g/mol. The summed E-state index contributed by atoms with van der Waals surface area (Å²) in [6.07, 6.45) is 0.619. The lowest BCUT2D eigenvalue weighted by Crippen LogP contribution is -2.18. The Morgan fingerprint density at radius 2 is 1.90 bits per heavy atom. The van der Waals surface area contributed by atoms with Crippen LogP contribution in [0.2, 0.25) is 5.02 Å². The van der Waals surface area contributed by atoms with Gasteiger partial charge >= 0.3 is 0 Å². The van der Waals surface area contributed by atoms with E-state index in [1.54, 1.807) is 18.2 Å². The summed E-state index contributed by atoms with van der Waals surface area (Å²) < 4.78 is 31.7. The zero-order chi connectivity index (χ0) is 15.4. The molecule has 0 saturated carbocycles. The zero-order valence-corrected chi connectivity index (χ0v) is 12.3. The van der Waals surface area contributed by atoms with Crippen LogP contribution in [0, 0.1) is 11.6 Å². The van der Waals surface area contributed by atoms with Gasteiger partial charge in [0.05, 0.1) is 0 Å². The van der Waals surface area contributed by atoms with E-state index >= 15 is 0 Å². The van der Waals surface area contributed by atoms with Crippen molar-refractivity contribution >= 4 is 11.6 Å². The van der Waals surface area contributed by atoms with Gasteiger partial charge in [-0.2, -0.15) is 0 Å². The van der Waals surface area contributed by atoms with Crippen molar-refractivity contribution in [2.75, 3.05) is 0 Å². The van der Waals surface area contributed by atoms with Gasteiger partial charge in [-0.05, 0) is 54.8 Å². The average Bonchev–Trinajstić information content (AvgIpc) is 2.41. The summed E-state index contributed by atoms with van der Waals surface area (Å²) in [6.45, 7) is 2.03. The summed E-state index contributed by atoms with van der Waals surface area (Å²) in [5.41, 5.74) is 7.24. The van der Waals surface area contributed by atoms with Crippen LogP contribution in [0.1, 0.15) is 18.1 Å². The highest BCUT2D eigenvalue weighted by Gasteiger charge is 2.09. The maximum Gasteiger partial charge on any atom is 0.159 e. The summed E-state index contributed by atoms with van der Waals surface area (Å²) in [7, 11) is 0. The van der Waals surface area contributed by atoms with E-state index in [-0.39, 0.29) is 12.6 Å². The van der Waals surface area contributed by atoms with Gasteiger partial charge in [0.15, 0.2) is 11.6 Å².